The second-order valence-corrected chi connectivity index (χ2v) is 6.50. The summed E-state index contributed by atoms with van der Waals surface area (Å²) in [5.74, 6) is 0. The molecule has 0 aromatic carbocycles. The van der Waals surface area contributed by atoms with Gasteiger partial charge in [0.05, 0.1) is 11.4 Å². The molecule has 0 radical (unpaired) electrons. The zero-order valence-corrected chi connectivity index (χ0v) is 15.4. The summed E-state index contributed by atoms with van der Waals surface area (Å²) >= 11 is 0. The molecule has 0 saturated carbocycles. The largest absolute Gasteiger partial charge is 0.255 e. The molecule has 0 aliphatic rings. The molecular formula is C22H20N6. The zero-order chi connectivity index (χ0) is 19.0. The molecule has 0 fully saturated rings. The standard InChI is InChI=1S/C22H20N6/c1(3-19-7-9-23-15-27-19)17-5-11-25-21(13-17)22-14-18(6-12-26-22)2-4-20-8-10-24-16-28-20/h5-16H,1-4H2. The monoisotopic (exact) mass is 368 g/mol. The number of hydrogen-bond acceptors (Lipinski definition) is 6. The Balaban J connectivity index is 1.45. The Hall–Kier alpha value is -3.54. The Labute approximate surface area is 163 Å². The first-order valence-electron chi connectivity index (χ1n) is 9.27. The van der Waals surface area contributed by atoms with Crippen LogP contribution in [0.1, 0.15) is 22.5 Å². The van der Waals surface area contributed by atoms with Gasteiger partial charge in [0.25, 0.3) is 0 Å². The lowest BCUT2D eigenvalue weighted by atomic mass is 10.0. The third-order valence-corrected chi connectivity index (χ3v) is 4.54. The van der Waals surface area contributed by atoms with Gasteiger partial charge in [-0.2, -0.15) is 0 Å². The third-order valence-electron chi connectivity index (χ3n) is 4.54. The van der Waals surface area contributed by atoms with Crippen molar-refractivity contribution in [3.63, 3.8) is 0 Å². The topological polar surface area (TPSA) is 77.3 Å². The van der Waals surface area contributed by atoms with Crippen LogP contribution in [0.2, 0.25) is 0 Å². The molecule has 0 aliphatic carbocycles. The van der Waals surface area contributed by atoms with Crippen molar-refractivity contribution in [2.24, 2.45) is 0 Å². The second-order valence-electron chi connectivity index (χ2n) is 6.50. The molecule has 6 heteroatoms. The van der Waals surface area contributed by atoms with E-state index in [0.29, 0.717) is 0 Å². The molecule has 6 nitrogen and oxygen atoms in total. The molecule has 0 bridgehead atoms. The van der Waals surface area contributed by atoms with Crippen molar-refractivity contribution in [3.05, 3.63) is 96.4 Å². The number of hydrogen-bond donors (Lipinski definition) is 0. The summed E-state index contributed by atoms with van der Waals surface area (Å²) in [4.78, 5) is 25.5. The minimum absolute atomic E-state index is 0.873. The van der Waals surface area contributed by atoms with Crippen molar-refractivity contribution in [2.75, 3.05) is 0 Å². The molecule has 4 rings (SSSR count). The second kappa shape index (κ2) is 8.90. The van der Waals surface area contributed by atoms with Gasteiger partial charge in [0.2, 0.25) is 0 Å². The lowest BCUT2D eigenvalue weighted by molar-refractivity contribution is 0.895. The molecule has 0 aliphatic heterocycles. The van der Waals surface area contributed by atoms with Gasteiger partial charge >= 0.3 is 0 Å². The van der Waals surface area contributed by atoms with Crippen LogP contribution in [-0.4, -0.2) is 29.9 Å². The molecular weight excluding hydrogens is 348 g/mol. The molecule has 4 aromatic rings. The van der Waals surface area contributed by atoms with Crippen molar-refractivity contribution in [1.82, 2.24) is 29.9 Å². The summed E-state index contributed by atoms with van der Waals surface area (Å²) in [6.45, 7) is 0. The summed E-state index contributed by atoms with van der Waals surface area (Å²) in [6, 6.07) is 12.2. The summed E-state index contributed by atoms with van der Waals surface area (Å²) in [5, 5.41) is 0. The van der Waals surface area contributed by atoms with E-state index in [9.17, 15) is 0 Å². The van der Waals surface area contributed by atoms with Crippen molar-refractivity contribution >= 4 is 0 Å². The fourth-order valence-electron chi connectivity index (χ4n) is 3.02. The van der Waals surface area contributed by atoms with Gasteiger partial charge in [-0.05, 0) is 73.2 Å². The maximum absolute atomic E-state index is 4.52. The maximum Gasteiger partial charge on any atom is 0.115 e. The average Bonchev–Trinajstić information content (AvgIpc) is 2.78. The molecule has 138 valence electrons. The van der Waals surface area contributed by atoms with E-state index in [1.54, 1.807) is 25.0 Å². The quantitative estimate of drug-likeness (QED) is 0.498. The predicted octanol–water partition coefficient (Wildman–Crippen LogP) is 3.29. The lowest BCUT2D eigenvalue weighted by Crippen LogP contribution is -1.98. The Kier molecular flexibility index (Phi) is 5.68. The smallest absolute Gasteiger partial charge is 0.115 e. The Morgan fingerprint density at radius 2 is 1.00 bits per heavy atom. The molecule has 0 saturated heterocycles. The van der Waals surface area contributed by atoms with Gasteiger partial charge in [0.15, 0.2) is 0 Å². The van der Waals surface area contributed by atoms with Gasteiger partial charge < -0.3 is 0 Å². The van der Waals surface area contributed by atoms with Crippen LogP contribution in [0.5, 0.6) is 0 Å². The highest BCUT2D eigenvalue weighted by atomic mass is 14.8. The van der Waals surface area contributed by atoms with Crippen LogP contribution in [0.3, 0.4) is 0 Å². The average molecular weight is 368 g/mol. The van der Waals surface area contributed by atoms with E-state index in [0.717, 1.165) is 48.5 Å². The van der Waals surface area contributed by atoms with Crippen LogP contribution < -0.4 is 0 Å². The Bertz CT molecular complexity index is 936. The Morgan fingerprint density at radius 3 is 1.43 bits per heavy atom. The van der Waals surface area contributed by atoms with Crippen molar-refractivity contribution in [3.8, 4) is 11.4 Å². The summed E-state index contributed by atoms with van der Waals surface area (Å²) in [6.07, 6.45) is 14.0. The van der Waals surface area contributed by atoms with Crippen LogP contribution in [0, 0.1) is 0 Å². The maximum atomic E-state index is 4.52. The first-order chi connectivity index (χ1) is 13.9. The van der Waals surface area contributed by atoms with Crippen LogP contribution >= 0.6 is 0 Å². The fourth-order valence-corrected chi connectivity index (χ4v) is 3.02. The van der Waals surface area contributed by atoms with Gasteiger partial charge in [-0.1, -0.05) is 0 Å². The van der Waals surface area contributed by atoms with E-state index in [4.69, 9.17) is 0 Å². The summed E-state index contributed by atoms with van der Waals surface area (Å²) in [5.41, 5.74) is 6.30. The van der Waals surface area contributed by atoms with Crippen molar-refractivity contribution in [2.45, 2.75) is 25.7 Å². The first-order valence-corrected chi connectivity index (χ1v) is 9.27. The van der Waals surface area contributed by atoms with Gasteiger partial charge in [-0.15, -0.1) is 0 Å². The molecule has 4 aromatic heterocycles. The van der Waals surface area contributed by atoms with E-state index in [2.05, 4.69) is 42.0 Å². The molecule has 0 atom stereocenters. The molecule has 28 heavy (non-hydrogen) atoms. The van der Waals surface area contributed by atoms with Crippen LogP contribution in [0.25, 0.3) is 11.4 Å². The van der Waals surface area contributed by atoms with Crippen molar-refractivity contribution < 1.29 is 0 Å². The highest BCUT2D eigenvalue weighted by molar-refractivity contribution is 5.55. The fraction of sp³-hybridized carbons (Fsp3) is 0.182. The number of aromatic nitrogens is 6. The highest BCUT2D eigenvalue weighted by Crippen LogP contribution is 2.18. The van der Waals surface area contributed by atoms with E-state index in [1.807, 2.05) is 36.7 Å². The number of aryl methyl sites for hydroxylation is 4. The van der Waals surface area contributed by atoms with Gasteiger partial charge in [-0.3, -0.25) is 9.97 Å². The minimum atomic E-state index is 0.873. The SMILES string of the molecule is c1cc(CCc2ccnc(-c3cc(CCc4ccncn4)ccn3)c2)ncn1. The van der Waals surface area contributed by atoms with Crippen LogP contribution in [0.4, 0.5) is 0 Å². The molecule has 0 spiro atoms. The van der Waals surface area contributed by atoms with E-state index < -0.39 is 0 Å². The van der Waals surface area contributed by atoms with E-state index >= 15 is 0 Å². The van der Waals surface area contributed by atoms with Crippen LogP contribution in [0.15, 0.2) is 73.8 Å². The molecule has 0 N–H and O–H groups in total. The first kappa shape index (κ1) is 17.9. The number of nitrogens with zero attached hydrogens (tertiary/aromatic N) is 6. The normalized spacial score (nSPS) is 10.7. The third kappa shape index (κ3) is 4.79. The van der Waals surface area contributed by atoms with E-state index in [1.165, 1.54) is 11.1 Å². The van der Waals surface area contributed by atoms with Crippen LogP contribution in [-0.2, 0) is 25.7 Å². The molecule has 0 unspecified atom stereocenters. The number of pyridine rings is 2. The van der Waals surface area contributed by atoms with Gasteiger partial charge in [-0.25, -0.2) is 19.9 Å². The molecule has 0 amide bonds. The van der Waals surface area contributed by atoms with Crippen molar-refractivity contribution in [1.29, 1.82) is 0 Å². The number of rotatable bonds is 7. The van der Waals surface area contributed by atoms with Gasteiger partial charge in [0.1, 0.15) is 12.7 Å². The summed E-state index contributed by atoms with van der Waals surface area (Å²) in [7, 11) is 0. The highest BCUT2D eigenvalue weighted by Gasteiger charge is 2.05. The lowest BCUT2D eigenvalue weighted by Gasteiger charge is -2.07. The summed E-state index contributed by atoms with van der Waals surface area (Å²) < 4.78 is 0. The van der Waals surface area contributed by atoms with E-state index in [-0.39, 0.29) is 0 Å². The van der Waals surface area contributed by atoms with Gasteiger partial charge in [0, 0.05) is 36.2 Å². The predicted molar refractivity (Wildman–Crippen MR) is 106 cm³/mol. The zero-order valence-electron chi connectivity index (χ0n) is 15.4. The minimum Gasteiger partial charge on any atom is -0.255 e. The Morgan fingerprint density at radius 1 is 0.500 bits per heavy atom. The molecule has 4 heterocycles.